The maximum absolute atomic E-state index is 13.3. The van der Waals surface area contributed by atoms with Crippen molar-refractivity contribution in [2.75, 3.05) is 18.0 Å². The first-order valence-corrected chi connectivity index (χ1v) is 11.7. The summed E-state index contributed by atoms with van der Waals surface area (Å²) in [6.45, 7) is 1.22. The molecule has 0 unspecified atom stereocenters. The molecule has 0 aliphatic rings. The first-order chi connectivity index (χ1) is 16.5. The van der Waals surface area contributed by atoms with E-state index in [-0.39, 0.29) is 16.1 Å². The molecule has 0 atom stereocenters. The Kier molecular flexibility index (Phi) is 7.80. The van der Waals surface area contributed by atoms with Crippen molar-refractivity contribution in [1.29, 1.82) is 0 Å². The van der Waals surface area contributed by atoms with Gasteiger partial charge in [-0.05, 0) is 61.0 Å². The number of anilines is 1. The van der Waals surface area contributed by atoms with Crippen LogP contribution < -0.4 is 14.5 Å². The molecule has 0 spiro atoms. The summed E-state index contributed by atoms with van der Waals surface area (Å²) in [5, 5.41) is 3.67. The first kappa shape index (κ1) is 25.8. The molecule has 0 aromatic heterocycles. The highest BCUT2D eigenvalue weighted by molar-refractivity contribution is 7.92. The average molecular weight is 506 g/mol. The minimum atomic E-state index is -4.52. The molecular formula is C24H22F3N3O4S. The highest BCUT2D eigenvalue weighted by Crippen LogP contribution is 2.29. The minimum absolute atomic E-state index is 0.0564. The molecule has 0 radical (unpaired) electrons. The van der Waals surface area contributed by atoms with Gasteiger partial charge < -0.3 is 4.74 Å². The van der Waals surface area contributed by atoms with Crippen molar-refractivity contribution in [1.82, 2.24) is 5.43 Å². The molecular weight excluding hydrogens is 483 g/mol. The van der Waals surface area contributed by atoms with Gasteiger partial charge in [0.2, 0.25) is 0 Å². The van der Waals surface area contributed by atoms with Gasteiger partial charge in [-0.15, -0.1) is 0 Å². The molecule has 0 heterocycles. The van der Waals surface area contributed by atoms with Crippen LogP contribution in [-0.2, 0) is 21.0 Å². The van der Waals surface area contributed by atoms with Gasteiger partial charge in [0.25, 0.3) is 15.9 Å². The van der Waals surface area contributed by atoms with Crippen LogP contribution in [0.4, 0.5) is 18.9 Å². The van der Waals surface area contributed by atoms with Gasteiger partial charge in [0.05, 0.1) is 29.5 Å². The van der Waals surface area contributed by atoms with Crippen molar-refractivity contribution in [3.63, 3.8) is 0 Å². The molecule has 35 heavy (non-hydrogen) atoms. The van der Waals surface area contributed by atoms with Crippen LogP contribution in [-0.4, -0.2) is 34.2 Å². The number of alkyl halides is 3. The second-order valence-corrected chi connectivity index (χ2v) is 9.30. The normalized spacial score (nSPS) is 11.9. The number of amides is 1. The third kappa shape index (κ3) is 6.60. The van der Waals surface area contributed by atoms with Gasteiger partial charge in [-0.25, -0.2) is 13.8 Å². The number of aryl methyl sites for hydroxylation is 1. The summed E-state index contributed by atoms with van der Waals surface area (Å²) in [6.07, 6.45) is -3.47. The fraction of sp³-hybridized carbons (Fsp3) is 0.167. The van der Waals surface area contributed by atoms with Crippen LogP contribution in [0.2, 0.25) is 0 Å². The second-order valence-electron chi connectivity index (χ2n) is 7.44. The fourth-order valence-corrected chi connectivity index (χ4v) is 4.46. The zero-order valence-corrected chi connectivity index (χ0v) is 19.6. The Morgan fingerprint density at radius 3 is 2.31 bits per heavy atom. The van der Waals surface area contributed by atoms with E-state index in [1.165, 1.54) is 43.5 Å². The lowest BCUT2D eigenvalue weighted by atomic mass is 10.1. The fourth-order valence-electron chi connectivity index (χ4n) is 3.04. The third-order valence-corrected chi connectivity index (χ3v) is 6.66. The Balaban J connectivity index is 1.82. The molecule has 3 rings (SSSR count). The smallest absolute Gasteiger partial charge is 0.416 e. The highest BCUT2D eigenvalue weighted by Gasteiger charge is 2.30. The Morgan fingerprint density at radius 2 is 1.71 bits per heavy atom. The van der Waals surface area contributed by atoms with E-state index in [1.807, 2.05) is 6.92 Å². The molecule has 0 aliphatic heterocycles. The Morgan fingerprint density at radius 1 is 1.06 bits per heavy atom. The zero-order valence-electron chi connectivity index (χ0n) is 18.8. The van der Waals surface area contributed by atoms with Crippen LogP contribution in [0.25, 0.3) is 0 Å². The van der Waals surface area contributed by atoms with Crippen LogP contribution in [0.1, 0.15) is 16.7 Å². The molecule has 0 saturated heterocycles. The summed E-state index contributed by atoms with van der Waals surface area (Å²) in [5.41, 5.74) is 2.57. The second kappa shape index (κ2) is 10.6. The SMILES string of the molecule is COc1ccc(S(=O)(=O)N(CC(=O)N/N=C\c2cccc(C(F)(F)F)c2)c2ccc(C)cc2)cc1. The maximum atomic E-state index is 13.3. The van der Waals surface area contributed by atoms with E-state index >= 15 is 0 Å². The number of ether oxygens (including phenoxy) is 1. The number of carbonyl (C=O) groups is 1. The van der Waals surface area contributed by atoms with Crippen molar-refractivity contribution in [3.05, 3.63) is 89.5 Å². The average Bonchev–Trinajstić information content (AvgIpc) is 2.83. The molecule has 0 bridgehead atoms. The van der Waals surface area contributed by atoms with E-state index in [0.717, 1.165) is 28.2 Å². The molecule has 3 aromatic carbocycles. The van der Waals surface area contributed by atoms with Crippen molar-refractivity contribution >= 4 is 27.8 Å². The van der Waals surface area contributed by atoms with Crippen molar-refractivity contribution in [3.8, 4) is 5.75 Å². The van der Waals surface area contributed by atoms with Gasteiger partial charge in [-0.3, -0.25) is 9.10 Å². The van der Waals surface area contributed by atoms with E-state index in [4.69, 9.17) is 4.74 Å². The van der Waals surface area contributed by atoms with Crippen molar-refractivity contribution in [2.45, 2.75) is 18.0 Å². The summed E-state index contributed by atoms with van der Waals surface area (Å²) in [6, 6.07) is 16.6. The lowest BCUT2D eigenvalue weighted by Crippen LogP contribution is -2.39. The number of methoxy groups -OCH3 is 1. The lowest BCUT2D eigenvalue weighted by molar-refractivity contribution is -0.137. The van der Waals surface area contributed by atoms with E-state index in [2.05, 4.69) is 10.5 Å². The van der Waals surface area contributed by atoms with E-state index in [0.29, 0.717) is 5.75 Å². The predicted octanol–water partition coefficient (Wildman–Crippen LogP) is 4.37. The Labute approximate surface area is 200 Å². The number of halogens is 3. The van der Waals surface area contributed by atoms with Gasteiger partial charge in [0.15, 0.2) is 0 Å². The van der Waals surface area contributed by atoms with Gasteiger partial charge in [-0.2, -0.15) is 18.3 Å². The van der Waals surface area contributed by atoms with E-state index in [1.54, 1.807) is 24.3 Å². The van der Waals surface area contributed by atoms with Crippen LogP contribution in [0.5, 0.6) is 5.75 Å². The number of nitrogens with one attached hydrogen (secondary N) is 1. The van der Waals surface area contributed by atoms with Gasteiger partial charge in [0, 0.05) is 0 Å². The summed E-state index contributed by atoms with van der Waals surface area (Å²) >= 11 is 0. The van der Waals surface area contributed by atoms with E-state index in [9.17, 15) is 26.4 Å². The number of rotatable bonds is 8. The number of hydrogen-bond acceptors (Lipinski definition) is 5. The van der Waals surface area contributed by atoms with Crippen LogP contribution in [0, 0.1) is 6.92 Å². The van der Waals surface area contributed by atoms with Crippen LogP contribution >= 0.6 is 0 Å². The van der Waals surface area contributed by atoms with Gasteiger partial charge in [0.1, 0.15) is 12.3 Å². The number of hydrogen-bond donors (Lipinski definition) is 1. The highest BCUT2D eigenvalue weighted by atomic mass is 32.2. The quantitative estimate of drug-likeness (QED) is 0.364. The molecule has 0 aliphatic carbocycles. The molecule has 1 amide bonds. The minimum Gasteiger partial charge on any atom is -0.497 e. The maximum Gasteiger partial charge on any atom is 0.416 e. The number of benzene rings is 3. The predicted molar refractivity (Wildman–Crippen MR) is 126 cm³/mol. The first-order valence-electron chi connectivity index (χ1n) is 10.2. The van der Waals surface area contributed by atoms with Gasteiger partial charge in [-0.1, -0.05) is 29.8 Å². The molecule has 1 N–H and O–H groups in total. The third-order valence-electron chi connectivity index (χ3n) is 4.87. The standard InChI is InChI=1S/C24H22F3N3O4S/c1-17-6-8-20(9-7-17)30(35(32,33)22-12-10-21(34-2)11-13-22)16-23(31)29-28-15-18-4-3-5-19(14-18)24(25,26)27/h3-15H,16H2,1-2H3,(H,29,31)/b28-15-. The summed E-state index contributed by atoms with van der Waals surface area (Å²) in [7, 11) is -2.70. The van der Waals surface area contributed by atoms with Crippen molar-refractivity contribution in [2.24, 2.45) is 5.10 Å². The monoisotopic (exact) mass is 505 g/mol. The number of sulfonamides is 1. The largest absolute Gasteiger partial charge is 0.497 e. The van der Waals surface area contributed by atoms with Crippen molar-refractivity contribution < 1.29 is 31.1 Å². The van der Waals surface area contributed by atoms with E-state index < -0.39 is 34.2 Å². The molecule has 7 nitrogen and oxygen atoms in total. The summed E-state index contributed by atoms with van der Waals surface area (Å²) in [5.74, 6) is -0.321. The van der Waals surface area contributed by atoms with Crippen LogP contribution in [0.3, 0.4) is 0 Å². The molecule has 3 aromatic rings. The lowest BCUT2D eigenvalue weighted by Gasteiger charge is -2.24. The summed E-state index contributed by atoms with van der Waals surface area (Å²) < 4.78 is 71.2. The number of carbonyl (C=O) groups excluding carboxylic acids is 1. The molecule has 0 fully saturated rings. The van der Waals surface area contributed by atoms with Crippen LogP contribution in [0.15, 0.2) is 82.8 Å². The molecule has 0 saturated carbocycles. The number of hydrazone groups is 1. The Bertz CT molecular complexity index is 1310. The Hall–Kier alpha value is -3.86. The number of nitrogens with zero attached hydrogens (tertiary/aromatic N) is 2. The topological polar surface area (TPSA) is 88.1 Å². The molecule has 11 heteroatoms. The molecule has 184 valence electrons. The zero-order chi connectivity index (χ0) is 25.6. The summed E-state index contributed by atoms with van der Waals surface area (Å²) in [4.78, 5) is 12.5. The van der Waals surface area contributed by atoms with Gasteiger partial charge >= 0.3 is 6.18 Å².